The number of aromatic carboxylic acids is 1. The molecule has 0 radical (unpaired) electrons. The van der Waals surface area contributed by atoms with E-state index in [1.165, 1.54) is 12.1 Å². The van der Waals surface area contributed by atoms with Gasteiger partial charge in [-0.3, -0.25) is 9.59 Å². The summed E-state index contributed by atoms with van der Waals surface area (Å²) in [5, 5.41) is 11.4. The standard InChI is InChI=1S/C19H20N2O5/c20-18(23)16(10-13-6-8-15(9-7-13)19(24)25)21-17(22)12-26-11-14-4-2-1-3-5-14/h1-9,16H,10-12H2,(H2,20,23)(H,21,22)(H,24,25)/t16-/m1/s1. The molecule has 1 atom stereocenters. The molecule has 0 aromatic heterocycles. The number of amides is 2. The lowest BCUT2D eigenvalue weighted by molar-refractivity contribution is -0.130. The van der Waals surface area contributed by atoms with Crippen molar-refractivity contribution in [3.8, 4) is 0 Å². The number of carboxylic acid groups (broad SMARTS) is 1. The summed E-state index contributed by atoms with van der Waals surface area (Å²) in [4.78, 5) is 34.4. The Balaban J connectivity index is 1.85. The van der Waals surface area contributed by atoms with Gasteiger partial charge in [0.05, 0.1) is 12.2 Å². The van der Waals surface area contributed by atoms with Gasteiger partial charge in [0.2, 0.25) is 11.8 Å². The number of ether oxygens (including phenoxy) is 1. The van der Waals surface area contributed by atoms with Crippen LogP contribution in [0.4, 0.5) is 0 Å². The van der Waals surface area contributed by atoms with E-state index in [2.05, 4.69) is 5.32 Å². The first-order valence-electron chi connectivity index (χ1n) is 7.98. The molecule has 7 nitrogen and oxygen atoms in total. The Morgan fingerprint density at radius 2 is 1.65 bits per heavy atom. The smallest absolute Gasteiger partial charge is 0.335 e. The highest BCUT2D eigenvalue weighted by Crippen LogP contribution is 2.07. The van der Waals surface area contributed by atoms with Crippen molar-refractivity contribution in [2.75, 3.05) is 6.61 Å². The van der Waals surface area contributed by atoms with Crippen molar-refractivity contribution in [1.29, 1.82) is 0 Å². The van der Waals surface area contributed by atoms with Gasteiger partial charge in [0.1, 0.15) is 12.6 Å². The fourth-order valence-electron chi connectivity index (χ4n) is 2.31. The van der Waals surface area contributed by atoms with Gasteiger partial charge in [0.25, 0.3) is 0 Å². The highest BCUT2D eigenvalue weighted by Gasteiger charge is 2.19. The number of hydrogen-bond donors (Lipinski definition) is 3. The average Bonchev–Trinajstić information content (AvgIpc) is 2.62. The predicted octanol–water partition coefficient (Wildman–Crippen LogP) is 1.11. The Morgan fingerprint density at radius 3 is 2.23 bits per heavy atom. The van der Waals surface area contributed by atoms with E-state index in [0.717, 1.165) is 5.56 Å². The zero-order valence-corrected chi connectivity index (χ0v) is 14.1. The van der Waals surface area contributed by atoms with Crippen molar-refractivity contribution in [1.82, 2.24) is 5.32 Å². The summed E-state index contributed by atoms with van der Waals surface area (Å²) in [6, 6.07) is 14.5. The van der Waals surface area contributed by atoms with Crippen LogP contribution >= 0.6 is 0 Å². The first kappa shape index (κ1) is 19.1. The Morgan fingerprint density at radius 1 is 1.00 bits per heavy atom. The molecule has 0 aliphatic heterocycles. The van der Waals surface area contributed by atoms with Gasteiger partial charge in [-0.1, -0.05) is 42.5 Å². The predicted molar refractivity (Wildman–Crippen MR) is 94.3 cm³/mol. The first-order chi connectivity index (χ1) is 12.5. The fraction of sp³-hybridized carbons (Fsp3) is 0.211. The summed E-state index contributed by atoms with van der Waals surface area (Å²) in [7, 11) is 0. The van der Waals surface area contributed by atoms with Crippen LogP contribution in [0, 0.1) is 0 Å². The van der Waals surface area contributed by atoms with Crippen molar-refractivity contribution in [2.24, 2.45) is 5.73 Å². The second-order valence-corrected chi connectivity index (χ2v) is 5.71. The number of carbonyl (C=O) groups excluding carboxylic acids is 2. The molecule has 0 saturated carbocycles. The van der Waals surface area contributed by atoms with E-state index in [9.17, 15) is 14.4 Å². The third kappa shape index (κ3) is 6.03. The minimum Gasteiger partial charge on any atom is -0.478 e. The van der Waals surface area contributed by atoms with Crippen LogP contribution in [-0.4, -0.2) is 35.5 Å². The van der Waals surface area contributed by atoms with Gasteiger partial charge in [-0.15, -0.1) is 0 Å². The molecule has 7 heteroatoms. The number of carbonyl (C=O) groups is 3. The zero-order chi connectivity index (χ0) is 18.9. The summed E-state index contributed by atoms with van der Waals surface area (Å²) in [6.45, 7) is 0.0861. The van der Waals surface area contributed by atoms with E-state index in [0.29, 0.717) is 5.56 Å². The number of nitrogens with one attached hydrogen (secondary N) is 1. The summed E-state index contributed by atoms with van der Waals surface area (Å²) in [5.74, 6) is -2.16. The lowest BCUT2D eigenvalue weighted by Gasteiger charge is -2.16. The minimum absolute atomic E-state index is 0.141. The summed E-state index contributed by atoms with van der Waals surface area (Å²) >= 11 is 0. The Kier molecular flexibility index (Phi) is 6.87. The van der Waals surface area contributed by atoms with E-state index in [4.69, 9.17) is 15.6 Å². The third-order valence-electron chi connectivity index (χ3n) is 3.66. The van der Waals surface area contributed by atoms with Crippen LogP contribution < -0.4 is 11.1 Å². The van der Waals surface area contributed by atoms with Gasteiger partial charge in [-0.05, 0) is 23.3 Å². The van der Waals surface area contributed by atoms with Gasteiger partial charge < -0.3 is 20.9 Å². The number of hydrogen-bond acceptors (Lipinski definition) is 4. The van der Waals surface area contributed by atoms with Crippen LogP contribution in [0.3, 0.4) is 0 Å². The number of rotatable bonds is 9. The highest BCUT2D eigenvalue weighted by atomic mass is 16.5. The Labute approximate surface area is 150 Å². The molecule has 0 unspecified atom stereocenters. The Bertz CT molecular complexity index is 759. The molecule has 26 heavy (non-hydrogen) atoms. The highest BCUT2D eigenvalue weighted by molar-refractivity contribution is 5.88. The van der Waals surface area contributed by atoms with E-state index in [-0.39, 0.29) is 25.2 Å². The summed E-state index contributed by atoms with van der Waals surface area (Å²) < 4.78 is 5.32. The summed E-state index contributed by atoms with van der Waals surface area (Å²) in [5.41, 5.74) is 7.10. The van der Waals surface area contributed by atoms with Crippen molar-refractivity contribution < 1.29 is 24.2 Å². The lowest BCUT2D eigenvalue weighted by Crippen LogP contribution is -2.47. The molecule has 2 rings (SSSR count). The fourth-order valence-corrected chi connectivity index (χ4v) is 2.31. The quantitative estimate of drug-likeness (QED) is 0.622. The molecule has 0 aliphatic carbocycles. The molecule has 2 aromatic carbocycles. The van der Waals surface area contributed by atoms with Gasteiger partial charge in [0, 0.05) is 6.42 Å². The van der Waals surface area contributed by atoms with Crippen LogP contribution in [0.5, 0.6) is 0 Å². The maximum absolute atomic E-state index is 12.0. The maximum atomic E-state index is 12.0. The van der Waals surface area contributed by atoms with Crippen LogP contribution in [-0.2, 0) is 27.4 Å². The molecule has 2 amide bonds. The molecule has 0 spiro atoms. The van der Waals surface area contributed by atoms with Crippen LogP contribution in [0.15, 0.2) is 54.6 Å². The molecule has 0 aliphatic rings. The molecule has 0 fully saturated rings. The normalized spacial score (nSPS) is 11.5. The van der Waals surface area contributed by atoms with Gasteiger partial charge >= 0.3 is 5.97 Å². The molecule has 0 saturated heterocycles. The molecule has 136 valence electrons. The van der Waals surface area contributed by atoms with Gasteiger partial charge in [-0.25, -0.2) is 4.79 Å². The lowest BCUT2D eigenvalue weighted by atomic mass is 10.0. The summed E-state index contributed by atoms with van der Waals surface area (Å²) in [6.07, 6.45) is 0.166. The maximum Gasteiger partial charge on any atom is 0.335 e. The average molecular weight is 356 g/mol. The number of carboxylic acids is 1. The second-order valence-electron chi connectivity index (χ2n) is 5.71. The molecular formula is C19H20N2O5. The van der Waals surface area contributed by atoms with Crippen molar-refractivity contribution in [2.45, 2.75) is 19.1 Å². The van der Waals surface area contributed by atoms with Gasteiger partial charge in [-0.2, -0.15) is 0 Å². The molecular weight excluding hydrogens is 336 g/mol. The first-order valence-corrected chi connectivity index (χ1v) is 7.98. The van der Waals surface area contributed by atoms with Crippen molar-refractivity contribution >= 4 is 17.8 Å². The largest absolute Gasteiger partial charge is 0.478 e. The zero-order valence-electron chi connectivity index (χ0n) is 14.1. The minimum atomic E-state index is -1.04. The molecule has 0 heterocycles. The van der Waals surface area contributed by atoms with E-state index < -0.39 is 23.8 Å². The number of primary amides is 1. The SMILES string of the molecule is NC(=O)[C@@H](Cc1ccc(C(=O)O)cc1)NC(=O)COCc1ccccc1. The number of benzene rings is 2. The van der Waals surface area contributed by atoms with E-state index in [1.54, 1.807) is 12.1 Å². The van der Waals surface area contributed by atoms with Crippen LogP contribution in [0.1, 0.15) is 21.5 Å². The molecule has 2 aromatic rings. The van der Waals surface area contributed by atoms with Crippen LogP contribution in [0.25, 0.3) is 0 Å². The van der Waals surface area contributed by atoms with E-state index in [1.807, 2.05) is 30.3 Å². The van der Waals surface area contributed by atoms with Crippen molar-refractivity contribution in [3.05, 3.63) is 71.3 Å². The second kappa shape index (κ2) is 9.33. The van der Waals surface area contributed by atoms with E-state index >= 15 is 0 Å². The van der Waals surface area contributed by atoms with Gasteiger partial charge in [0.15, 0.2) is 0 Å². The Hall–Kier alpha value is -3.19. The van der Waals surface area contributed by atoms with Crippen LogP contribution in [0.2, 0.25) is 0 Å². The topological polar surface area (TPSA) is 119 Å². The van der Waals surface area contributed by atoms with Crippen molar-refractivity contribution in [3.63, 3.8) is 0 Å². The third-order valence-corrected chi connectivity index (χ3v) is 3.66. The molecule has 0 bridgehead atoms. The number of nitrogens with two attached hydrogens (primary N) is 1. The monoisotopic (exact) mass is 356 g/mol. The molecule has 4 N–H and O–H groups in total.